The van der Waals surface area contributed by atoms with E-state index in [-0.39, 0.29) is 6.04 Å². The maximum Gasteiger partial charge on any atom is 0.163 e. The van der Waals surface area contributed by atoms with Crippen molar-refractivity contribution in [3.05, 3.63) is 35.4 Å². The summed E-state index contributed by atoms with van der Waals surface area (Å²) < 4.78 is 27.3. The topological polar surface area (TPSA) is 18.5 Å². The SMILES string of the molecule is CCNC(CCN(C)CCN(C)C)c1cccc(F)c1F. The van der Waals surface area contributed by atoms with Crippen LogP contribution in [-0.4, -0.2) is 57.1 Å². The van der Waals surface area contributed by atoms with Crippen LogP contribution in [0.2, 0.25) is 0 Å². The largest absolute Gasteiger partial charge is 0.310 e. The van der Waals surface area contributed by atoms with E-state index in [1.807, 2.05) is 21.0 Å². The summed E-state index contributed by atoms with van der Waals surface area (Å²) in [6.07, 6.45) is 0.748. The summed E-state index contributed by atoms with van der Waals surface area (Å²) in [5, 5.41) is 3.24. The van der Waals surface area contributed by atoms with Crippen LogP contribution in [0.25, 0.3) is 0 Å². The average molecular weight is 299 g/mol. The van der Waals surface area contributed by atoms with Gasteiger partial charge in [0.05, 0.1) is 0 Å². The summed E-state index contributed by atoms with van der Waals surface area (Å²) in [7, 11) is 6.13. The fraction of sp³-hybridized carbons (Fsp3) is 0.625. The number of likely N-dealkylation sites (N-methyl/N-ethyl adjacent to an activating group) is 2. The maximum atomic E-state index is 13.9. The number of rotatable bonds is 9. The molecule has 1 unspecified atom stereocenters. The van der Waals surface area contributed by atoms with Crippen molar-refractivity contribution in [2.75, 3.05) is 47.3 Å². The van der Waals surface area contributed by atoms with Gasteiger partial charge in [-0.15, -0.1) is 0 Å². The first-order chi connectivity index (χ1) is 9.95. The van der Waals surface area contributed by atoms with Gasteiger partial charge in [0, 0.05) is 24.7 Å². The molecule has 0 bridgehead atoms. The van der Waals surface area contributed by atoms with E-state index in [9.17, 15) is 8.78 Å². The van der Waals surface area contributed by atoms with Crippen LogP contribution in [0, 0.1) is 11.6 Å². The normalized spacial score (nSPS) is 13.1. The highest BCUT2D eigenvalue weighted by atomic mass is 19.2. The van der Waals surface area contributed by atoms with E-state index in [1.54, 1.807) is 12.1 Å². The lowest BCUT2D eigenvalue weighted by atomic mass is 10.0. The van der Waals surface area contributed by atoms with E-state index in [0.717, 1.165) is 38.7 Å². The van der Waals surface area contributed by atoms with Crippen molar-refractivity contribution in [1.29, 1.82) is 0 Å². The summed E-state index contributed by atoms with van der Waals surface area (Å²) >= 11 is 0. The third-order valence-corrected chi connectivity index (χ3v) is 3.54. The molecule has 3 nitrogen and oxygen atoms in total. The minimum atomic E-state index is -0.781. The number of hydrogen-bond donors (Lipinski definition) is 1. The lowest BCUT2D eigenvalue weighted by Gasteiger charge is -2.24. The van der Waals surface area contributed by atoms with Gasteiger partial charge < -0.3 is 15.1 Å². The number of halogens is 2. The second kappa shape index (κ2) is 9.07. The molecule has 1 N–H and O–H groups in total. The van der Waals surface area contributed by atoms with Gasteiger partial charge in [0.25, 0.3) is 0 Å². The lowest BCUT2D eigenvalue weighted by Crippen LogP contribution is -2.32. The fourth-order valence-corrected chi connectivity index (χ4v) is 2.24. The van der Waals surface area contributed by atoms with Crippen LogP contribution < -0.4 is 5.32 Å². The average Bonchev–Trinajstić information content (AvgIpc) is 2.44. The molecule has 0 amide bonds. The van der Waals surface area contributed by atoms with E-state index in [0.29, 0.717) is 5.56 Å². The van der Waals surface area contributed by atoms with E-state index < -0.39 is 11.6 Å². The second-order valence-corrected chi connectivity index (χ2v) is 5.65. The Morgan fingerprint density at radius 3 is 2.43 bits per heavy atom. The highest BCUT2D eigenvalue weighted by Gasteiger charge is 2.17. The minimum absolute atomic E-state index is 0.160. The Morgan fingerprint density at radius 1 is 1.10 bits per heavy atom. The molecule has 0 aliphatic rings. The Labute approximate surface area is 126 Å². The molecule has 1 rings (SSSR count). The molecule has 0 heterocycles. The van der Waals surface area contributed by atoms with Gasteiger partial charge in [-0.1, -0.05) is 19.1 Å². The zero-order chi connectivity index (χ0) is 15.8. The molecule has 0 spiro atoms. The van der Waals surface area contributed by atoms with Gasteiger partial charge in [0.1, 0.15) is 0 Å². The van der Waals surface area contributed by atoms with Crippen LogP contribution in [0.15, 0.2) is 18.2 Å². The zero-order valence-electron chi connectivity index (χ0n) is 13.5. The number of nitrogens with one attached hydrogen (secondary N) is 1. The molecule has 1 atom stereocenters. The second-order valence-electron chi connectivity index (χ2n) is 5.65. The smallest absolute Gasteiger partial charge is 0.163 e. The van der Waals surface area contributed by atoms with Gasteiger partial charge in [-0.2, -0.15) is 0 Å². The number of hydrogen-bond acceptors (Lipinski definition) is 3. The van der Waals surface area contributed by atoms with Crippen LogP contribution in [-0.2, 0) is 0 Å². The van der Waals surface area contributed by atoms with Gasteiger partial charge in [0.15, 0.2) is 11.6 Å². The Kier molecular flexibility index (Phi) is 7.78. The van der Waals surface area contributed by atoms with E-state index in [4.69, 9.17) is 0 Å². The Morgan fingerprint density at radius 2 is 1.81 bits per heavy atom. The third-order valence-electron chi connectivity index (χ3n) is 3.54. The number of benzene rings is 1. The molecule has 5 heteroatoms. The highest BCUT2D eigenvalue weighted by Crippen LogP contribution is 2.22. The summed E-state index contributed by atoms with van der Waals surface area (Å²) in [6, 6.07) is 4.22. The van der Waals surface area contributed by atoms with E-state index in [2.05, 4.69) is 22.2 Å². The summed E-state index contributed by atoms with van der Waals surface area (Å²) in [4.78, 5) is 4.34. The molecule has 0 saturated heterocycles. The molecule has 0 aliphatic heterocycles. The van der Waals surface area contributed by atoms with Crippen LogP contribution in [0.1, 0.15) is 24.9 Å². The molecule has 0 aliphatic carbocycles. The molecule has 0 fully saturated rings. The van der Waals surface area contributed by atoms with Gasteiger partial charge in [0.2, 0.25) is 0 Å². The fourth-order valence-electron chi connectivity index (χ4n) is 2.24. The Balaban J connectivity index is 2.63. The van der Waals surface area contributed by atoms with Crippen molar-refractivity contribution in [2.45, 2.75) is 19.4 Å². The van der Waals surface area contributed by atoms with Gasteiger partial charge in [-0.3, -0.25) is 0 Å². The summed E-state index contributed by atoms with van der Waals surface area (Å²) in [5.41, 5.74) is 0.415. The first-order valence-corrected chi connectivity index (χ1v) is 7.46. The minimum Gasteiger partial charge on any atom is -0.310 e. The summed E-state index contributed by atoms with van der Waals surface area (Å²) in [6.45, 7) is 5.47. The van der Waals surface area contributed by atoms with Crippen molar-refractivity contribution in [3.63, 3.8) is 0 Å². The van der Waals surface area contributed by atoms with E-state index in [1.165, 1.54) is 0 Å². The first-order valence-electron chi connectivity index (χ1n) is 7.46. The third kappa shape index (κ3) is 6.08. The molecule has 1 aromatic carbocycles. The maximum absolute atomic E-state index is 13.9. The molecule has 1 aromatic rings. The van der Waals surface area contributed by atoms with Crippen LogP contribution in [0.4, 0.5) is 8.78 Å². The van der Waals surface area contributed by atoms with Crippen molar-refractivity contribution >= 4 is 0 Å². The Bertz CT molecular complexity index is 424. The molecule has 0 saturated carbocycles. The van der Waals surface area contributed by atoms with Gasteiger partial charge in [-0.05, 0) is 46.7 Å². The van der Waals surface area contributed by atoms with Gasteiger partial charge >= 0.3 is 0 Å². The standard InChI is InChI=1S/C16H27F2N3/c1-5-19-15(9-10-21(4)12-11-20(2)3)13-7-6-8-14(17)16(13)18/h6-8,15,19H,5,9-12H2,1-4H3. The van der Waals surface area contributed by atoms with Crippen molar-refractivity contribution in [2.24, 2.45) is 0 Å². The number of nitrogens with zero attached hydrogens (tertiary/aromatic N) is 2. The van der Waals surface area contributed by atoms with Crippen LogP contribution in [0.3, 0.4) is 0 Å². The predicted octanol–water partition coefficient (Wildman–Crippen LogP) is 2.50. The quantitative estimate of drug-likeness (QED) is 0.756. The Hall–Kier alpha value is -1.04. The molecular formula is C16H27F2N3. The van der Waals surface area contributed by atoms with Crippen LogP contribution >= 0.6 is 0 Å². The molecular weight excluding hydrogens is 272 g/mol. The summed E-state index contributed by atoms with van der Waals surface area (Å²) in [5.74, 6) is -1.52. The van der Waals surface area contributed by atoms with Crippen molar-refractivity contribution < 1.29 is 8.78 Å². The van der Waals surface area contributed by atoms with Crippen molar-refractivity contribution in [3.8, 4) is 0 Å². The molecule has 21 heavy (non-hydrogen) atoms. The van der Waals surface area contributed by atoms with Crippen LogP contribution in [0.5, 0.6) is 0 Å². The van der Waals surface area contributed by atoms with Crippen molar-refractivity contribution in [1.82, 2.24) is 15.1 Å². The lowest BCUT2D eigenvalue weighted by molar-refractivity contribution is 0.267. The van der Waals surface area contributed by atoms with Gasteiger partial charge in [-0.25, -0.2) is 8.78 Å². The first kappa shape index (κ1) is 18.0. The molecule has 0 aromatic heterocycles. The molecule has 0 radical (unpaired) electrons. The molecule has 120 valence electrons. The van der Waals surface area contributed by atoms with E-state index >= 15 is 0 Å². The monoisotopic (exact) mass is 299 g/mol. The highest BCUT2D eigenvalue weighted by molar-refractivity contribution is 5.22. The predicted molar refractivity (Wildman–Crippen MR) is 83.4 cm³/mol. The zero-order valence-corrected chi connectivity index (χ0v) is 13.5.